The number of hydrogen-bond acceptors (Lipinski definition) is 9. The maximum atomic E-state index is 13.4. The molecule has 1 amide bonds. The molecule has 6 rings (SSSR count). The summed E-state index contributed by atoms with van der Waals surface area (Å²) in [6.45, 7) is 2.49. The third-order valence-corrected chi connectivity index (χ3v) is 6.88. The number of carbonyl (C=O) groups is 1. The highest BCUT2D eigenvalue weighted by Gasteiger charge is 2.29. The molecule has 1 aliphatic heterocycles. The van der Waals surface area contributed by atoms with Gasteiger partial charge in [0.05, 0.1) is 35.9 Å². The number of aromatic nitrogens is 8. The Hall–Kier alpha value is -5.17. The van der Waals surface area contributed by atoms with E-state index in [1.54, 1.807) is 40.8 Å². The number of H-pyrrole nitrogens is 1. The summed E-state index contributed by atoms with van der Waals surface area (Å²) in [6, 6.07) is 14.5. The van der Waals surface area contributed by atoms with Crippen molar-refractivity contribution in [3.05, 3.63) is 88.6 Å². The largest absolute Gasteiger partial charge is 0.447 e. The van der Waals surface area contributed by atoms with E-state index < -0.39 is 6.09 Å². The van der Waals surface area contributed by atoms with E-state index in [-0.39, 0.29) is 18.2 Å². The number of tetrazole rings is 1. The van der Waals surface area contributed by atoms with E-state index in [4.69, 9.17) is 14.5 Å². The molecule has 1 aliphatic rings. The van der Waals surface area contributed by atoms with Gasteiger partial charge in [0.25, 0.3) is 5.56 Å². The lowest BCUT2D eigenvalue weighted by Gasteiger charge is -2.14. The molecule has 0 radical (unpaired) electrons. The first kappa shape index (κ1) is 26.1. The molecule has 13 nitrogen and oxygen atoms in total. The molecule has 5 aromatic rings. The second-order valence-corrected chi connectivity index (χ2v) is 9.61. The standard InChI is InChI=1S/C28H27N9O4/c1-17-3-8-23(36-16-30-34-35-36)20(13-17)21-14-26(38)37-24(9-10-25(37)32-21)27-29-15-22(33-27)18-4-6-19(7-5-18)31-28(39)41-12-11-40-2/h3-8,13-16,24H,9-12H2,1-2H3,(H,29,33)(H,31,39)/t24-/m0/s1. The fourth-order valence-corrected chi connectivity index (χ4v) is 4.92. The van der Waals surface area contributed by atoms with Gasteiger partial charge in [-0.15, -0.1) is 5.10 Å². The minimum Gasteiger partial charge on any atom is -0.447 e. The van der Waals surface area contributed by atoms with Gasteiger partial charge in [-0.1, -0.05) is 23.8 Å². The average molecular weight is 554 g/mol. The lowest BCUT2D eigenvalue weighted by atomic mass is 10.1. The zero-order valence-electron chi connectivity index (χ0n) is 22.4. The van der Waals surface area contributed by atoms with Crippen LogP contribution < -0.4 is 10.9 Å². The summed E-state index contributed by atoms with van der Waals surface area (Å²) in [6.07, 6.45) is 4.04. The third-order valence-electron chi connectivity index (χ3n) is 6.88. The highest BCUT2D eigenvalue weighted by atomic mass is 16.6. The normalized spacial score (nSPS) is 14.1. The van der Waals surface area contributed by atoms with Gasteiger partial charge in [0.15, 0.2) is 0 Å². The van der Waals surface area contributed by atoms with Crippen molar-refractivity contribution in [3.63, 3.8) is 0 Å². The van der Waals surface area contributed by atoms with Crippen molar-refractivity contribution >= 4 is 11.8 Å². The molecule has 0 fully saturated rings. The number of anilines is 1. The number of rotatable bonds is 8. The van der Waals surface area contributed by atoms with Crippen molar-refractivity contribution in [1.29, 1.82) is 0 Å². The quantitative estimate of drug-likeness (QED) is 0.275. The predicted molar refractivity (Wildman–Crippen MR) is 149 cm³/mol. The number of aromatic amines is 1. The highest BCUT2D eigenvalue weighted by molar-refractivity contribution is 5.85. The fourth-order valence-electron chi connectivity index (χ4n) is 4.92. The van der Waals surface area contributed by atoms with Gasteiger partial charge < -0.3 is 14.5 Å². The zero-order valence-corrected chi connectivity index (χ0v) is 22.4. The van der Waals surface area contributed by atoms with Crippen molar-refractivity contribution in [1.82, 2.24) is 39.7 Å². The van der Waals surface area contributed by atoms with Gasteiger partial charge in [0.2, 0.25) is 0 Å². The Bertz CT molecular complexity index is 1740. The Labute approximate surface area is 234 Å². The van der Waals surface area contributed by atoms with Crippen LogP contribution >= 0.6 is 0 Å². The topological polar surface area (TPSA) is 155 Å². The molecule has 2 N–H and O–H groups in total. The van der Waals surface area contributed by atoms with E-state index in [0.717, 1.165) is 28.1 Å². The lowest BCUT2D eigenvalue weighted by molar-refractivity contribution is 0.107. The number of hydrogen-bond donors (Lipinski definition) is 2. The van der Waals surface area contributed by atoms with Crippen LogP contribution in [0.3, 0.4) is 0 Å². The average Bonchev–Trinajstić information content (AvgIpc) is 3.75. The van der Waals surface area contributed by atoms with Crippen LogP contribution in [0, 0.1) is 6.92 Å². The smallest absolute Gasteiger partial charge is 0.411 e. The van der Waals surface area contributed by atoms with Crippen LogP contribution in [0.15, 0.2) is 65.8 Å². The van der Waals surface area contributed by atoms with E-state index in [1.807, 2.05) is 37.3 Å². The maximum Gasteiger partial charge on any atom is 0.411 e. The molecule has 1 atom stereocenters. The molecule has 0 aliphatic carbocycles. The summed E-state index contributed by atoms with van der Waals surface area (Å²) in [4.78, 5) is 38.1. The van der Waals surface area contributed by atoms with Gasteiger partial charge in [0, 0.05) is 30.8 Å². The Morgan fingerprint density at radius 3 is 2.78 bits per heavy atom. The second-order valence-electron chi connectivity index (χ2n) is 9.61. The SMILES string of the molecule is COCCOC(=O)Nc1ccc(-c2cnc([C@@H]3CCc4nc(-c5cc(C)ccc5-n5cnnn5)cc(=O)n43)[nH]2)cc1. The summed E-state index contributed by atoms with van der Waals surface area (Å²) in [7, 11) is 1.54. The molecule has 0 bridgehead atoms. The number of carbonyl (C=O) groups excluding carboxylic acids is 1. The first-order valence-corrected chi connectivity index (χ1v) is 13.0. The van der Waals surface area contributed by atoms with Crippen LogP contribution in [0.5, 0.6) is 0 Å². The third kappa shape index (κ3) is 5.34. The van der Waals surface area contributed by atoms with Crippen molar-refractivity contribution in [2.75, 3.05) is 25.6 Å². The number of methoxy groups -OCH3 is 1. The number of benzene rings is 2. The molecule has 0 saturated carbocycles. The first-order valence-electron chi connectivity index (χ1n) is 13.0. The minimum atomic E-state index is -0.547. The number of ether oxygens (including phenoxy) is 2. The molecule has 0 unspecified atom stereocenters. The molecule has 2 aromatic carbocycles. The van der Waals surface area contributed by atoms with Gasteiger partial charge in [0.1, 0.15) is 24.6 Å². The molecule has 0 spiro atoms. The Morgan fingerprint density at radius 2 is 2.00 bits per heavy atom. The van der Waals surface area contributed by atoms with Crippen LogP contribution in [0.2, 0.25) is 0 Å². The summed E-state index contributed by atoms with van der Waals surface area (Å²) in [5, 5.41) is 14.2. The Kier molecular flexibility index (Phi) is 7.08. The zero-order chi connectivity index (χ0) is 28.3. The highest BCUT2D eigenvalue weighted by Crippen LogP contribution is 2.32. The van der Waals surface area contributed by atoms with Crippen molar-refractivity contribution in [3.8, 4) is 28.2 Å². The van der Waals surface area contributed by atoms with E-state index in [9.17, 15) is 9.59 Å². The number of nitrogens with zero attached hydrogens (tertiary/aromatic N) is 7. The minimum absolute atomic E-state index is 0.151. The van der Waals surface area contributed by atoms with E-state index >= 15 is 0 Å². The van der Waals surface area contributed by atoms with Gasteiger partial charge in [-0.2, -0.15) is 4.68 Å². The Balaban J connectivity index is 1.22. The van der Waals surface area contributed by atoms with Crippen molar-refractivity contribution in [2.45, 2.75) is 25.8 Å². The van der Waals surface area contributed by atoms with E-state index in [2.05, 4.69) is 30.8 Å². The lowest BCUT2D eigenvalue weighted by Crippen LogP contribution is -2.25. The van der Waals surface area contributed by atoms with Crippen LogP contribution in [0.25, 0.3) is 28.2 Å². The van der Waals surface area contributed by atoms with Crippen molar-refractivity contribution in [2.24, 2.45) is 0 Å². The summed E-state index contributed by atoms with van der Waals surface area (Å²) in [5.74, 6) is 1.39. The number of fused-ring (bicyclic) bond motifs is 1. The van der Waals surface area contributed by atoms with E-state index in [1.165, 1.54) is 6.33 Å². The molecule has 4 heterocycles. The number of imidazole rings is 1. The number of nitrogens with one attached hydrogen (secondary N) is 2. The monoisotopic (exact) mass is 553 g/mol. The van der Waals surface area contributed by atoms with Gasteiger partial charge >= 0.3 is 6.09 Å². The van der Waals surface area contributed by atoms with Crippen molar-refractivity contribution < 1.29 is 14.3 Å². The second kappa shape index (κ2) is 11.1. The van der Waals surface area contributed by atoms with E-state index in [0.29, 0.717) is 42.5 Å². The Morgan fingerprint density at radius 1 is 1.15 bits per heavy atom. The molecular formula is C28H27N9O4. The van der Waals surface area contributed by atoms with Crippen LogP contribution in [-0.2, 0) is 15.9 Å². The molecule has 208 valence electrons. The molecule has 0 saturated heterocycles. The molecule has 13 heteroatoms. The van der Waals surface area contributed by atoms with Gasteiger partial charge in [-0.05, 0) is 53.6 Å². The van der Waals surface area contributed by atoms with Crippen LogP contribution in [0.4, 0.5) is 10.5 Å². The van der Waals surface area contributed by atoms with Crippen LogP contribution in [0.1, 0.15) is 29.7 Å². The molecular weight excluding hydrogens is 526 g/mol. The van der Waals surface area contributed by atoms with Gasteiger partial charge in [-0.3, -0.25) is 14.7 Å². The molecule has 3 aromatic heterocycles. The predicted octanol–water partition coefficient (Wildman–Crippen LogP) is 3.32. The first-order chi connectivity index (χ1) is 20.0. The molecule has 41 heavy (non-hydrogen) atoms. The number of aryl methyl sites for hydroxylation is 2. The summed E-state index contributed by atoms with van der Waals surface area (Å²) < 4.78 is 13.2. The van der Waals surface area contributed by atoms with Gasteiger partial charge in [-0.25, -0.2) is 14.8 Å². The summed E-state index contributed by atoms with van der Waals surface area (Å²) >= 11 is 0. The number of amides is 1. The van der Waals surface area contributed by atoms with Crippen LogP contribution in [-0.4, -0.2) is 66.1 Å². The summed E-state index contributed by atoms with van der Waals surface area (Å²) in [5.41, 5.74) is 5.27. The fraction of sp³-hybridized carbons (Fsp3) is 0.250. The maximum absolute atomic E-state index is 13.4.